The Labute approximate surface area is 127 Å². The Kier molecular flexibility index (Phi) is 6.90. The van der Waals surface area contributed by atoms with E-state index in [1.165, 1.54) is 0 Å². The lowest BCUT2D eigenvalue weighted by atomic mass is 10.0. The highest BCUT2D eigenvalue weighted by Crippen LogP contribution is 2.18. The molecular weight excluding hydrogens is 272 g/mol. The largest absolute Gasteiger partial charge is 0.444 e. The second-order valence-electron chi connectivity index (χ2n) is 6.95. The minimum absolute atomic E-state index is 0.0219. The van der Waals surface area contributed by atoms with E-state index in [-0.39, 0.29) is 18.2 Å². The van der Waals surface area contributed by atoms with Crippen molar-refractivity contribution in [1.29, 1.82) is 0 Å². The van der Waals surface area contributed by atoms with E-state index in [9.17, 15) is 9.90 Å². The van der Waals surface area contributed by atoms with Crippen molar-refractivity contribution < 1.29 is 19.4 Å². The van der Waals surface area contributed by atoms with Gasteiger partial charge < -0.3 is 19.9 Å². The van der Waals surface area contributed by atoms with Crippen LogP contribution < -0.4 is 10.6 Å². The number of carbonyl (C=O) groups is 1. The Morgan fingerprint density at radius 2 is 2.05 bits per heavy atom. The topological polar surface area (TPSA) is 79.8 Å². The van der Waals surface area contributed by atoms with Crippen molar-refractivity contribution in [3.8, 4) is 0 Å². The molecule has 1 aliphatic rings. The Morgan fingerprint density at radius 1 is 1.38 bits per heavy atom. The van der Waals surface area contributed by atoms with E-state index < -0.39 is 17.9 Å². The molecule has 3 atom stereocenters. The zero-order valence-corrected chi connectivity index (χ0v) is 13.8. The van der Waals surface area contributed by atoms with Gasteiger partial charge in [-0.25, -0.2) is 4.79 Å². The molecule has 1 rings (SSSR count). The fraction of sp³-hybridized carbons (Fsp3) is 0.933. The van der Waals surface area contributed by atoms with Gasteiger partial charge in [0.1, 0.15) is 11.8 Å². The van der Waals surface area contributed by atoms with Crippen LogP contribution in [0.25, 0.3) is 0 Å². The lowest BCUT2D eigenvalue weighted by Gasteiger charge is -2.31. The Hall–Kier alpha value is -0.850. The minimum Gasteiger partial charge on any atom is -0.444 e. The van der Waals surface area contributed by atoms with E-state index >= 15 is 0 Å². The van der Waals surface area contributed by atoms with Gasteiger partial charge >= 0.3 is 6.09 Å². The second kappa shape index (κ2) is 7.96. The van der Waals surface area contributed by atoms with Crippen LogP contribution >= 0.6 is 0 Å². The first kappa shape index (κ1) is 18.2. The normalized spacial score (nSPS) is 24.7. The van der Waals surface area contributed by atoms with E-state index in [1.54, 1.807) is 0 Å². The highest BCUT2D eigenvalue weighted by atomic mass is 16.6. The molecule has 0 saturated carbocycles. The number of alkyl carbamates (subject to hydrolysis) is 1. The summed E-state index contributed by atoms with van der Waals surface area (Å²) in [6.45, 7) is 9.95. The molecule has 6 heteroatoms. The number of rotatable bonds is 5. The molecule has 0 aromatic heterocycles. The third-order valence-electron chi connectivity index (χ3n) is 3.10. The molecule has 1 saturated heterocycles. The summed E-state index contributed by atoms with van der Waals surface area (Å²) in [6, 6.07) is 0.219. The maximum absolute atomic E-state index is 11.7. The van der Waals surface area contributed by atoms with Crippen molar-refractivity contribution >= 4 is 6.09 Å². The minimum atomic E-state index is -0.551. The molecule has 1 unspecified atom stereocenters. The van der Waals surface area contributed by atoms with Crippen molar-refractivity contribution in [2.75, 3.05) is 6.61 Å². The fourth-order valence-corrected chi connectivity index (χ4v) is 2.28. The first-order valence-corrected chi connectivity index (χ1v) is 7.71. The van der Waals surface area contributed by atoms with Crippen molar-refractivity contribution in [3.05, 3.63) is 0 Å². The molecule has 0 aromatic rings. The SMILES string of the molecule is CC(C)NC(O)C[C@@H]1CC[C@@H](NC(=O)OC(C)(C)C)CO1. The van der Waals surface area contributed by atoms with Gasteiger partial charge in [0.25, 0.3) is 0 Å². The average molecular weight is 302 g/mol. The first-order valence-electron chi connectivity index (χ1n) is 7.71. The molecule has 0 aromatic carbocycles. The van der Waals surface area contributed by atoms with Crippen molar-refractivity contribution in [2.24, 2.45) is 0 Å². The van der Waals surface area contributed by atoms with E-state index in [2.05, 4.69) is 10.6 Å². The summed E-state index contributed by atoms with van der Waals surface area (Å²) < 4.78 is 10.9. The highest BCUT2D eigenvalue weighted by molar-refractivity contribution is 5.68. The summed E-state index contributed by atoms with van der Waals surface area (Å²) in [4.78, 5) is 11.7. The van der Waals surface area contributed by atoms with E-state index in [0.29, 0.717) is 13.0 Å². The summed E-state index contributed by atoms with van der Waals surface area (Å²) >= 11 is 0. The monoisotopic (exact) mass is 302 g/mol. The maximum atomic E-state index is 11.7. The number of carbonyl (C=O) groups excluding carboxylic acids is 1. The van der Waals surface area contributed by atoms with Gasteiger partial charge in [-0.2, -0.15) is 0 Å². The predicted molar refractivity (Wildman–Crippen MR) is 81.0 cm³/mol. The van der Waals surface area contributed by atoms with Crippen LogP contribution in [0.4, 0.5) is 4.79 Å². The van der Waals surface area contributed by atoms with Crippen molar-refractivity contribution in [1.82, 2.24) is 10.6 Å². The van der Waals surface area contributed by atoms with E-state index in [0.717, 1.165) is 12.8 Å². The maximum Gasteiger partial charge on any atom is 0.407 e. The number of aliphatic hydroxyl groups is 1. The van der Waals surface area contributed by atoms with Crippen LogP contribution in [0.3, 0.4) is 0 Å². The molecule has 1 fully saturated rings. The van der Waals surface area contributed by atoms with Crippen molar-refractivity contribution in [3.63, 3.8) is 0 Å². The molecule has 0 aliphatic carbocycles. The first-order chi connectivity index (χ1) is 9.65. The van der Waals surface area contributed by atoms with Crippen LogP contribution in [0.5, 0.6) is 0 Å². The standard InChI is InChI=1S/C15H30N2O4/c1-10(2)16-13(18)8-12-7-6-11(9-20-12)17-14(19)21-15(3,4)5/h10-13,16,18H,6-9H2,1-5H3,(H,17,19)/t11-,12+,13?/m1/s1. The number of amides is 1. The summed E-state index contributed by atoms with van der Waals surface area (Å²) in [5.74, 6) is 0. The summed E-state index contributed by atoms with van der Waals surface area (Å²) in [7, 11) is 0. The van der Waals surface area contributed by atoms with Crippen LogP contribution in [0.15, 0.2) is 0 Å². The van der Waals surface area contributed by atoms with Gasteiger partial charge in [0.2, 0.25) is 0 Å². The molecule has 124 valence electrons. The van der Waals surface area contributed by atoms with Crippen LogP contribution in [0.2, 0.25) is 0 Å². The van der Waals surface area contributed by atoms with Gasteiger partial charge in [-0.3, -0.25) is 5.32 Å². The quantitative estimate of drug-likeness (QED) is 0.674. The highest BCUT2D eigenvalue weighted by Gasteiger charge is 2.26. The summed E-state index contributed by atoms with van der Waals surface area (Å²) in [5.41, 5.74) is -0.491. The average Bonchev–Trinajstić information content (AvgIpc) is 2.27. The molecule has 0 radical (unpaired) electrons. The molecule has 1 heterocycles. The van der Waals surface area contributed by atoms with E-state index in [1.807, 2.05) is 34.6 Å². The van der Waals surface area contributed by atoms with Gasteiger partial charge in [-0.15, -0.1) is 0 Å². The zero-order valence-electron chi connectivity index (χ0n) is 13.8. The summed E-state index contributed by atoms with van der Waals surface area (Å²) in [5, 5.41) is 15.7. The van der Waals surface area contributed by atoms with Crippen LogP contribution in [0, 0.1) is 0 Å². The Morgan fingerprint density at radius 3 is 2.52 bits per heavy atom. The van der Waals surface area contributed by atoms with Gasteiger partial charge in [-0.1, -0.05) is 0 Å². The summed E-state index contributed by atoms with van der Waals surface area (Å²) in [6.07, 6.45) is 1.29. The number of nitrogens with one attached hydrogen (secondary N) is 2. The lowest BCUT2D eigenvalue weighted by Crippen LogP contribution is -2.46. The van der Waals surface area contributed by atoms with Crippen LogP contribution in [0.1, 0.15) is 53.9 Å². The van der Waals surface area contributed by atoms with Crippen molar-refractivity contribution in [2.45, 2.75) is 83.9 Å². The smallest absolute Gasteiger partial charge is 0.407 e. The third kappa shape index (κ3) is 8.24. The third-order valence-corrected chi connectivity index (χ3v) is 3.10. The molecule has 1 aliphatic heterocycles. The number of ether oxygens (including phenoxy) is 2. The molecule has 0 spiro atoms. The number of aliphatic hydroxyl groups excluding tert-OH is 1. The number of hydrogen-bond acceptors (Lipinski definition) is 5. The van der Waals surface area contributed by atoms with Crippen LogP contribution in [-0.2, 0) is 9.47 Å². The molecular formula is C15H30N2O4. The predicted octanol–water partition coefficient (Wildman–Crippen LogP) is 1.77. The zero-order chi connectivity index (χ0) is 16.0. The van der Waals surface area contributed by atoms with Gasteiger partial charge in [0.15, 0.2) is 0 Å². The molecule has 0 bridgehead atoms. The molecule has 21 heavy (non-hydrogen) atoms. The van der Waals surface area contributed by atoms with E-state index in [4.69, 9.17) is 9.47 Å². The lowest BCUT2D eigenvalue weighted by molar-refractivity contribution is -0.0377. The molecule has 6 nitrogen and oxygen atoms in total. The van der Waals surface area contributed by atoms with Gasteiger partial charge in [0.05, 0.1) is 18.8 Å². The Bertz CT molecular complexity index is 320. The van der Waals surface area contributed by atoms with Crippen LogP contribution in [-0.4, -0.2) is 47.8 Å². The van der Waals surface area contributed by atoms with Gasteiger partial charge in [-0.05, 0) is 47.5 Å². The van der Waals surface area contributed by atoms with Gasteiger partial charge in [0, 0.05) is 12.5 Å². The molecule has 1 amide bonds. The number of hydrogen-bond donors (Lipinski definition) is 3. The molecule has 3 N–H and O–H groups in total. The Balaban J connectivity index is 2.24. The second-order valence-corrected chi connectivity index (χ2v) is 6.95. The fourth-order valence-electron chi connectivity index (χ4n) is 2.28.